The maximum Gasteiger partial charge on any atom is 0.152 e. The van der Waals surface area contributed by atoms with E-state index in [2.05, 4.69) is 0 Å². The third-order valence-corrected chi connectivity index (χ3v) is 1.55. The molecule has 0 aromatic rings. The van der Waals surface area contributed by atoms with E-state index in [0.29, 0.717) is 0 Å². The zero-order valence-corrected chi connectivity index (χ0v) is 7.43. The normalized spacial score (nSPS) is 14.4. The molecule has 0 saturated carbocycles. The fraction of sp³-hybridized carbons (Fsp3) is 0.444. The van der Waals surface area contributed by atoms with Crippen molar-refractivity contribution in [3.63, 3.8) is 0 Å². The van der Waals surface area contributed by atoms with Gasteiger partial charge in [-0.1, -0.05) is 0 Å². The first-order valence-electron chi connectivity index (χ1n) is 3.51. The van der Waals surface area contributed by atoms with Crippen molar-refractivity contribution in [2.75, 3.05) is 0 Å². The zero-order chi connectivity index (χ0) is 9.02. The van der Waals surface area contributed by atoms with Crippen LogP contribution in [0.25, 0.3) is 0 Å². The van der Waals surface area contributed by atoms with Crippen LogP contribution in [0, 0.1) is 0 Å². The van der Waals surface area contributed by atoms with E-state index in [1.54, 1.807) is 20.8 Å². The molecule has 0 atom stereocenters. The summed E-state index contributed by atoms with van der Waals surface area (Å²) in [5.41, 5.74) is 1.58. The minimum absolute atomic E-state index is 0.00287. The molecule has 0 aromatic carbocycles. The summed E-state index contributed by atoms with van der Waals surface area (Å²) in [6.07, 6.45) is 1.51. The number of carbonyl (C=O) groups is 1. The van der Waals surface area contributed by atoms with Crippen LogP contribution in [0.1, 0.15) is 27.7 Å². The highest BCUT2D eigenvalue weighted by atomic mass is 16.3. The second-order valence-electron chi connectivity index (χ2n) is 2.65. The van der Waals surface area contributed by atoms with Gasteiger partial charge in [-0.05, 0) is 44.9 Å². The highest BCUT2D eigenvalue weighted by molar-refractivity contribution is 5.88. The molecule has 0 aliphatic heterocycles. The Labute approximate surface area is 67.2 Å². The molecule has 0 rings (SSSR count). The number of hydrogen-bond donors (Lipinski definition) is 1. The van der Waals surface area contributed by atoms with Crippen LogP contribution in [-0.4, -0.2) is 10.9 Å². The molecule has 1 N–H and O–H groups in total. The minimum atomic E-state index is 0.00287. The van der Waals surface area contributed by atoms with Gasteiger partial charge in [0.25, 0.3) is 0 Å². The molecule has 11 heavy (non-hydrogen) atoms. The van der Waals surface area contributed by atoms with Crippen LogP contribution in [0.5, 0.6) is 0 Å². The van der Waals surface area contributed by atoms with Crippen molar-refractivity contribution in [2.24, 2.45) is 0 Å². The molecular weight excluding hydrogens is 140 g/mol. The van der Waals surface area contributed by atoms with Crippen LogP contribution in [0.2, 0.25) is 0 Å². The van der Waals surface area contributed by atoms with Crippen molar-refractivity contribution < 1.29 is 9.90 Å². The standard InChI is InChI=1S/C9H14O2/c1-6(5-7(2)10)8(3)9(4)11/h5,11H,1-4H3/b6-5-,9-8-. The Morgan fingerprint density at radius 3 is 1.91 bits per heavy atom. The molecule has 0 amide bonds. The first-order valence-corrected chi connectivity index (χ1v) is 3.51. The molecule has 0 saturated heterocycles. The van der Waals surface area contributed by atoms with E-state index < -0.39 is 0 Å². The van der Waals surface area contributed by atoms with Gasteiger partial charge in [-0.3, -0.25) is 4.79 Å². The van der Waals surface area contributed by atoms with Crippen molar-refractivity contribution in [3.8, 4) is 0 Å². The predicted octanol–water partition coefficient (Wildman–Crippen LogP) is 2.37. The molecule has 2 nitrogen and oxygen atoms in total. The first kappa shape index (κ1) is 9.95. The lowest BCUT2D eigenvalue weighted by molar-refractivity contribution is -0.112. The predicted molar refractivity (Wildman–Crippen MR) is 45.4 cm³/mol. The SMILES string of the molecule is CC(=O)/C=C(C)\C(C)=C(\C)O. The third kappa shape index (κ3) is 3.61. The van der Waals surface area contributed by atoms with Gasteiger partial charge < -0.3 is 5.11 Å². The van der Waals surface area contributed by atoms with Crippen molar-refractivity contribution in [3.05, 3.63) is 23.0 Å². The highest BCUT2D eigenvalue weighted by Crippen LogP contribution is 2.11. The maximum absolute atomic E-state index is 10.6. The average Bonchev–Trinajstić information content (AvgIpc) is 1.84. The van der Waals surface area contributed by atoms with Gasteiger partial charge >= 0.3 is 0 Å². The summed E-state index contributed by atoms with van der Waals surface area (Å²) in [6.45, 7) is 6.68. The Bertz CT molecular complexity index is 218. The minimum Gasteiger partial charge on any atom is -0.512 e. The molecular formula is C9H14O2. The van der Waals surface area contributed by atoms with Crippen molar-refractivity contribution in [1.29, 1.82) is 0 Å². The summed E-state index contributed by atoms with van der Waals surface area (Å²) < 4.78 is 0. The summed E-state index contributed by atoms with van der Waals surface area (Å²) in [5, 5.41) is 9.03. The third-order valence-electron chi connectivity index (χ3n) is 1.55. The lowest BCUT2D eigenvalue weighted by Crippen LogP contribution is -1.89. The second kappa shape index (κ2) is 3.96. The van der Waals surface area contributed by atoms with Crippen molar-refractivity contribution in [2.45, 2.75) is 27.7 Å². The molecule has 0 bridgehead atoms. The van der Waals surface area contributed by atoms with Crippen LogP contribution >= 0.6 is 0 Å². The van der Waals surface area contributed by atoms with Crippen molar-refractivity contribution in [1.82, 2.24) is 0 Å². The van der Waals surface area contributed by atoms with Gasteiger partial charge in [0.05, 0.1) is 5.76 Å². The van der Waals surface area contributed by atoms with Crippen LogP contribution in [0.3, 0.4) is 0 Å². The van der Waals surface area contributed by atoms with Crippen LogP contribution in [0.15, 0.2) is 23.0 Å². The van der Waals surface area contributed by atoms with Crippen molar-refractivity contribution >= 4 is 5.78 Å². The summed E-state index contributed by atoms with van der Waals surface area (Å²) in [6, 6.07) is 0. The number of carbonyl (C=O) groups excluding carboxylic acids is 1. The van der Waals surface area contributed by atoms with Gasteiger partial charge in [0.2, 0.25) is 0 Å². The van der Waals surface area contributed by atoms with Gasteiger partial charge in [-0.2, -0.15) is 0 Å². The highest BCUT2D eigenvalue weighted by Gasteiger charge is 1.97. The summed E-state index contributed by atoms with van der Waals surface area (Å²) in [4.78, 5) is 10.6. The number of hydrogen-bond acceptors (Lipinski definition) is 2. The van der Waals surface area contributed by atoms with E-state index in [4.69, 9.17) is 5.11 Å². The average molecular weight is 154 g/mol. The van der Waals surface area contributed by atoms with E-state index in [1.807, 2.05) is 0 Å². The maximum atomic E-state index is 10.6. The molecule has 2 heteroatoms. The molecule has 0 heterocycles. The van der Waals surface area contributed by atoms with Gasteiger partial charge in [0.15, 0.2) is 5.78 Å². The lowest BCUT2D eigenvalue weighted by Gasteiger charge is -2.00. The Morgan fingerprint density at radius 1 is 1.18 bits per heavy atom. The van der Waals surface area contributed by atoms with Gasteiger partial charge in [-0.15, -0.1) is 0 Å². The van der Waals surface area contributed by atoms with E-state index >= 15 is 0 Å². The quantitative estimate of drug-likeness (QED) is 0.376. The van der Waals surface area contributed by atoms with Gasteiger partial charge in [0.1, 0.15) is 0 Å². The molecule has 0 unspecified atom stereocenters. The van der Waals surface area contributed by atoms with Gasteiger partial charge in [0, 0.05) is 0 Å². The Balaban J connectivity index is 4.63. The number of rotatable bonds is 2. The zero-order valence-electron chi connectivity index (χ0n) is 7.43. The molecule has 62 valence electrons. The van der Waals surface area contributed by atoms with Crippen LogP contribution in [-0.2, 0) is 4.79 Å². The molecule has 0 radical (unpaired) electrons. The number of ketones is 1. The molecule has 0 aromatic heterocycles. The number of aliphatic hydroxyl groups is 1. The van der Waals surface area contributed by atoms with E-state index in [0.717, 1.165) is 11.1 Å². The molecule has 0 fully saturated rings. The van der Waals surface area contributed by atoms with E-state index in [-0.39, 0.29) is 11.5 Å². The smallest absolute Gasteiger partial charge is 0.152 e. The van der Waals surface area contributed by atoms with Crippen LogP contribution < -0.4 is 0 Å². The topological polar surface area (TPSA) is 37.3 Å². The summed E-state index contributed by atoms with van der Waals surface area (Å²) in [7, 11) is 0. The van der Waals surface area contributed by atoms with Crippen LogP contribution in [0.4, 0.5) is 0 Å². The monoisotopic (exact) mass is 154 g/mol. The summed E-state index contributed by atoms with van der Waals surface area (Å²) in [5.74, 6) is 0.267. The largest absolute Gasteiger partial charge is 0.512 e. The Morgan fingerprint density at radius 2 is 1.64 bits per heavy atom. The van der Waals surface area contributed by atoms with E-state index in [1.165, 1.54) is 13.0 Å². The lowest BCUT2D eigenvalue weighted by atomic mass is 10.1. The fourth-order valence-corrected chi connectivity index (χ4v) is 0.698. The number of aliphatic hydroxyl groups excluding tert-OH is 1. The molecule has 0 aliphatic carbocycles. The Hall–Kier alpha value is -1.05. The molecule has 0 aliphatic rings. The van der Waals surface area contributed by atoms with E-state index in [9.17, 15) is 4.79 Å². The molecule has 0 spiro atoms. The number of allylic oxidation sites excluding steroid dienone is 4. The Kier molecular flexibility index (Phi) is 3.58. The second-order valence-corrected chi connectivity index (χ2v) is 2.65. The fourth-order valence-electron chi connectivity index (χ4n) is 0.698. The first-order chi connectivity index (χ1) is 4.95. The van der Waals surface area contributed by atoms with Gasteiger partial charge in [-0.25, -0.2) is 0 Å². The summed E-state index contributed by atoms with van der Waals surface area (Å²) >= 11 is 0.